The number of carbonyl (C=O) groups is 2. The summed E-state index contributed by atoms with van der Waals surface area (Å²) in [7, 11) is 1.83. The number of ether oxygens (including phenoxy) is 1. The lowest BCUT2D eigenvalue weighted by molar-refractivity contribution is -0.125. The third kappa shape index (κ3) is 4.43. The fraction of sp³-hybridized carbons (Fsp3) is 0.550. The number of rotatable bonds is 4. The second-order valence-corrected chi connectivity index (χ2v) is 8.09. The number of nitrogens with zero attached hydrogens (tertiary/aromatic N) is 3. The van der Waals surface area contributed by atoms with Gasteiger partial charge in [0.2, 0.25) is 5.91 Å². The van der Waals surface area contributed by atoms with Gasteiger partial charge in [0.25, 0.3) is 0 Å². The van der Waals surface area contributed by atoms with Crippen LogP contribution in [0.2, 0.25) is 0 Å². The van der Waals surface area contributed by atoms with Crippen molar-refractivity contribution in [1.82, 2.24) is 19.8 Å². The molecule has 2 amide bonds. The molecule has 0 saturated carbocycles. The van der Waals surface area contributed by atoms with Crippen LogP contribution in [0.1, 0.15) is 39.4 Å². The molecule has 152 valence electrons. The number of amides is 2. The topological polar surface area (TPSA) is 76.5 Å². The predicted octanol–water partition coefficient (Wildman–Crippen LogP) is 2.77. The number of fused-ring (bicyclic) bond motifs is 1. The Morgan fingerprint density at radius 2 is 2.11 bits per heavy atom. The maximum Gasteiger partial charge on any atom is 0.410 e. The molecule has 1 saturated heterocycles. The first-order valence-electron chi connectivity index (χ1n) is 9.54. The third-order valence-corrected chi connectivity index (χ3v) is 4.77. The average molecular weight is 390 g/mol. The summed E-state index contributed by atoms with van der Waals surface area (Å²) < 4.78 is 20.6. The molecule has 8 heteroatoms. The molecule has 0 spiro atoms. The summed E-state index contributed by atoms with van der Waals surface area (Å²) in [6, 6.07) is 3.96. The van der Waals surface area contributed by atoms with Crippen LogP contribution in [0.4, 0.5) is 9.18 Å². The highest BCUT2D eigenvalue weighted by Crippen LogP contribution is 2.21. The molecule has 3 rings (SSSR count). The number of halogens is 1. The SMILES string of the molecule is Cn1c(CCNC(=O)[C@@H]2CCCN2C(=O)OC(C)(C)C)nc2ccc(F)cc21. The Kier molecular flexibility index (Phi) is 5.58. The summed E-state index contributed by atoms with van der Waals surface area (Å²) in [5.74, 6) is 0.267. The molecule has 0 aliphatic carbocycles. The number of benzene rings is 1. The van der Waals surface area contributed by atoms with E-state index in [9.17, 15) is 14.0 Å². The molecule has 7 nitrogen and oxygen atoms in total. The molecule has 0 unspecified atom stereocenters. The molecular formula is C20H27FN4O3. The predicted molar refractivity (Wildman–Crippen MR) is 103 cm³/mol. The normalized spacial score (nSPS) is 17.2. The van der Waals surface area contributed by atoms with E-state index in [1.54, 1.807) is 26.8 Å². The zero-order valence-electron chi connectivity index (χ0n) is 16.8. The van der Waals surface area contributed by atoms with Crippen LogP contribution >= 0.6 is 0 Å². The molecule has 1 fully saturated rings. The van der Waals surface area contributed by atoms with Crippen LogP contribution in [-0.2, 0) is 23.0 Å². The Labute approximate surface area is 163 Å². The number of aromatic nitrogens is 2. The van der Waals surface area contributed by atoms with Crippen LogP contribution in [-0.4, -0.2) is 51.2 Å². The highest BCUT2D eigenvalue weighted by molar-refractivity contribution is 5.86. The van der Waals surface area contributed by atoms with Crippen molar-refractivity contribution in [2.75, 3.05) is 13.1 Å². The fourth-order valence-corrected chi connectivity index (χ4v) is 3.43. The van der Waals surface area contributed by atoms with Gasteiger partial charge in [0.1, 0.15) is 23.3 Å². The van der Waals surface area contributed by atoms with E-state index in [1.807, 2.05) is 11.6 Å². The first kappa shape index (κ1) is 20.1. The van der Waals surface area contributed by atoms with Crippen molar-refractivity contribution in [2.45, 2.75) is 51.7 Å². The summed E-state index contributed by atoms with van der Waals surface area (Å²) in [4.78, 5) is 30.9. The van der Waals surface area contributed by atoms with Gasteiger partial charge in [-0.2, -0.15) is 0 Å². The quantitative estimate of drug-likeness (QED) is 0.871. The van der Waals surface area contributed by atoms with Crippen LogP contribution < -0.4 is 5.32 Å². The summed E-state index contributed by atoms with van der Waals surface area (Å²) >= 11 is 0. The number of aryl methyl sites for hydroxylation is 1. The summed E-state index contributed by atoms with van der Waals surface area (Å²) in [5.41, 5.74) is 0.839. The van der Waals surface area contributed by atoms with E-state index in [-0.39, 0.29) is 11.7 Å². The van der Waals surface area contributed by atoms with E-state index in [0.29, 0.717) is 31.4 Å². The maximum absolute atomic E-state index is 13.4. The van der Waals surface area contributed by atoms with Gasteiger partial charge in [0.15, 0.2) is 0 Å². The Hall–Kier alpha value is -2.64. The van der Waals surface area contributed by atoms with Crippen molar-refractivity contribution in [3.05, 3.63) is 29.8 Å². The Morgan fingerprint density at radius 1 is 1.36 bits per heavy atom. The second kappa shape index (κ2) is 7.77. The molecule has 2 heterocycles. The first-order valence-corrected chi connectivity index (χ1v) is 9.54. The number of likely N-dealkylation sites (tertiary alicyclic amines) is 1. The minimum absolute atomic E-state index is 0.187. The van der Waals surface area contributed by atoms with Gasteiger partial charge in [0.05, 0.1) is 11.0 Å². The Morgan fingerprint density at radius 3 is 2.82 bits per heavy atom. The molecule has 1 atom stereocenters. The van der Waals surface area contributed by atoms with Gasteiger partial charge < -0.3 is 14.6 Å². The van der Waals surface area contributed by atoms with Crippen LogP contribution in [0.3, 0.4) is 0 Å². The van der Waals surface area contributed by atoms with E-state index >= 15 is 0 Å². The largest absolute Gasteiger partial charge is 0.444 e. The van der Waals surface area contributed by atoms with E-state index < -0.39 is 17.7 Å². The van der Waals surface area contributed by atoms with Crippen molar-refractivity contribution < 1.29 is 18.7 Å². The van der Waals surface area contributed by atoms with E-state index in [1.165, 1.54) is 17.0 Å². The van der Waals surface area contributed by atoms with Gasteiger partial charge in [0, 0.05) is 26.6 Å². The summed E-state index contributed by atoms with van der Waals surface area (Å²) in [5, 5.41) is 2.89. The molecule has 2 aromatic rings. The molecular weight excluding hydrogens is 363 g/mol. The molecule has 1 aliphatic heterocycles. The minimum atomic E-state index is -0.597. The minimum Gasteiger partial charge on any atom is -0.444 e. The third-order valence-electron chi connectivity index (χ3n) is 4.77. The Bertz CT molecular complexity index is 887. The van der Waals surface area contributed by atoms with Gasteiger partial charge in [-0.25, -0.2) is 14.2 Å². The number of hydrogen-bond donors (Lipinski definition) is 1. The van der Waals surface area contributed by atoms with Gasteiger partial charge in [-0.15, -0.1) is 0 Å². The van der Waals surface area contributed by atoms with Crippen LogP contribution in [0.25, 0.3) is 11.0 Å². The lowest BCUT2D eigenvalue weighted by atomic mass is 10.2. The highest BCUT2D eigenvalue weighted by atomic mass is 19.1. The van der Waals surface area contributed by atoms with Gasteiger partial charge in [-0.1, -0.05) is 0 Å². The molecule has 0 radical (unpaired) electrons. The van der Waals surface area contributed by atoms with E-state index in [4.69, 9.17) is 4.74 Å². The van der Waals surface area contributed by atoms with Crippen molar-refractivity contribution >= 4 is 23.0 Å². The van der Waals surface area contributed by atoms with Crippen LogP contribution in [0.5, 0.6) is 0 Å². The number of imidazole rings is 1. The molecule has 1 aliphatic rings. The van der Waals surface area contributed by atoms with Gasteiger partial charge in [-0.3, -0.25) is 9.69 Å². The van der Waals surface area contributed by atoms with Crippen molar-refractivity contribution in [2.24, 2.45) is 7.05 Å². The monoisotopic (exact) mass is 390 g/mol. The second-order valence-electron chi connectivity index (χ2n) is 8.09. The number of hydrogen-bond acceptors (Lipinski definition) is 4. The van der Waals surface area contributed by atoms with Crippen molar-refractivity contribution in [1.29, 1.82) is 0 Å². The zero-order chi connectivity index (χ0) is 20.5. The smallest absolute Gasteiger partial charge is 0.410 e. The van der Waals surface area contributed by atoms with E-state index in [0.717, 1.165) is 17.8 Å². The first-order chi connectivity index (χ1) is 13.2. The Balaban J connectivity index is 1.58. The summed E-state index contributed by atoms with van der Waals surface area (Å²) in [6.07, 6.45) is 1.45. The van der Waals surface area contributed by atoms with Crippen LogP contribution in [0.15, 0.2) is 18.2 Å². The molecule has 1 aromatic heterocycles. The highest BCUT2D eigenvalue weighted by Gasteiger charge is 2.36. The van der Waals surface area contributed by atoms with Crippen LogP contribution in [0, 0.1) is 5.82 Å². The molecule has 28 heavy (non-hydrogen) atoms. The van der Waals surface area contributed by atoms with Crippen molar-refractivity contribution in [3.63, 3.8) is 0 Å². The van der Waals surface area contributed by atoms with Crippen molar-refractivity contribution in [3.8, 4) is 0 Å². The van der Waals surface area contributed by atoms with Gasteiger partial charge >= 0.3 is 6.09 Å². The summed E-state index contributed by atoms with van der Waals surface area (Å²) in [6.45, 7) is 6.32. The zero-order valence-corrected chi connectivity index (χ0v) is 16.8. The average Bonchev–Trinajstić information content (AvgIpc) is 3.20. The number of nitrogens with one attached hydrogen (secondary N) is 1. The molecule has 0 bridgehead atoms. The molecule has 1 aromatic carbocycles. The van der Waals surface area contributed by atoms with Gasteiger partial charge in [-0.05, 0) is 51.8 Å². The molecule has 1 N–H and O–H groups in total. The maximum atomic E-state index is 13.4. The van der Waals surface area contributed by atoms with E-state index in [2.05, 4.69) is 10.3 Å². The lowest BCUT2D eigenvalue weighted by Gasteiger charge is -2.28. The number of carbonyl (C=O) groups excluding carboxylic acids is 2. The fourth-order valence-electron chi connectivity index (χ4n) is 3.43. The standard InChI is InChI=1S/C20H27FN4O3/c1-20(2,3)28-19(27)25-11-5-6-15(25)18(26)22-10-9-17-23-14-8-7-13(21)12-16(14)24(17)4/h7-8,12,15H,5-6,9-11H2,1-4H3,(H,22,26)/t15-/m0/s1. The lowest BCUT2D eigenvalue weighted by Crippen LogP contribution is -2.47.